The zero-order valence-electron chi connectivity index (χ0n) is 13.3. The lowest BCUT2D eigenvalue weighted by Crippen LogP contribution is -2.23. The highest BCUT2D eigenvalue weighted by Gasteiger charge is 2.13. The summed E-state index contributed by atoms with van der Waals surface area (Å²) in [7, 11) is 0. The Kier molecular flexibility index (Phi) is 3.57. The number of imidazole rings is 1. The normalized spacial score (nSPS) is 13.0. The summed E-state index contributed by atoms with van der Waals surface area (Å²) in [5, 5.41) is 2.89. The third-order valence-corrected chi connectivity index (χ3v) is 3.91. The van der Waals surface area contributed by atoms with Crippen LogP contribution < -0.4 is 14.8 Å². The Hall–Kier alpha value is -3.02. The van der Waals surface area contributed by atoms with E-state index in [1.165, 1.54) is 0 Å². The number of nitrogens with one attached hydrogen (secondary N) is 1. The van der Waals surface area contributed by atoms with Crippen molar-refractivity contribution in [3.63, 3.8) is 0 Å². The van der Waals surface area contributed by atoms with Crippen molar-refractivity contribution in [3.05, 3.63) is 59.5 Å². The van der Waals surface area contributed by atoms with Crippen LogP contribution in [0.1, 0.15) is 21.6 Å². The summed E-state index contributed by atoms with van der Waals surface area (Å²) in [6.45, 7) is 3.51. The lowest BCUT2D eigenvalue weighted by molar-refractivity contribution is 0.0946. The Bertz CT molecular complexity index is 917. The van der Waals surface area contributed by atoms with Crippen LogP contribution in [-0.2, 0) is 6.54 Å². The van der Waals surface area contributed by atoms with Gasteiger partial charge in [0.15, 0.2) is 11.5 Å². The van der Waals surface area contributed by atoms with Gasteiger partial charge in [-0.2, -0.15) is 0 Å². The van der Waals surface area contributed by atoms with Gasteiger partial charge in [-0.3, -0.25) is 4.79 Å². The van der Waals surface area contributed by atoms with Gasteiger partial charge in [0.05, 0.1) is 0 Å². The molecule has 24 heavy (non-hydrogen) atoms. The van der Waals surface area contributed by atoms with Crippen LogP contribution in [0.5, 0.6) is 11.5 Å². The molecule has 0 saturated carbocycles. The Morgan fingerprint density at radius 3 is 2.92 bits per heavy atom. The van der Waals surface area contributed by atoms with Gasteiger partial charge in [-0.1, -0.05) is 6.07 Å². The second kappa shape index (κ2) is 5.88. The minimum Gasteiger partial charge on any atom is -0.486 e. The largest absolute Gasteiger partial charge is 0.486 e. The fourth-order valence-electron chi connectivity index (χ4n) is 2.66. The molecule has 0 atom stereocenters. The van der Waals surface area contributed by atoms with Gasteiger partial charge in [0, 0.05) is 18.9 Å². The van der Waals surface area contributed by atoms with Gasteiger partial charge >= 0.3 is 0 Å². The Labute approximate surface area is 139 Å². The van der Waals surface area contributed by atoms with Crippen molar-refractivity contribution in [2.75, 3.05) is 13.2 Å². The molecule has 0 radical (unpaired) electrons. The average Bonchev–Trinajstić information content (AvgIpc) is 3.02. The van der Waals surface area contributed by atoms with Crippen molar-refractivity contribution < 1.29 is 14.3 Å². The molecule has 6 nitrogen and oxygen atoms in total. The van der Waals surface area contributed by atoms with E-state index in [9.17, 15) is 4.79 Å². The van der Waals surface area contributed by atoms with Gasteiger partial charge in [-0.15, -0.1) is 0 Å². The number of hydrogen-bond acceptors (Lipinski definition) is 4. The highest BCUT2D eigenvalue weighted by atomic mass is 16.6. The standard InChI is InChI=1S/C18H17N3O3/c1-12-4-5-21-11-14(20-17(21)8-12)18(22)19-10-13-2-3-15-16(9-13)24-7-6-23-15/h2-5,8-9,11H,6-7,10H2,1H3,(H,19,22). The van der Waals surface area contributed by atoms with Crippen molar-refractivity contribution in [1.82, 2.24) is 14.7 Å². The van der Waals surface area contributed by atoms with Crippen LogP contribution >= 0.6 is 0 Å². The third-order valence-electron chi connectivity index (χ3n) is 3.91. The van der Waals surface area contributed by atoms with Crippen molar-refractivity contribution in [2.24, 2.45) is 0 Å². The molecule has 0 bridgehead atoms. The highest BCUT2D eigenvalue weighted by molar-refractivity contribution is 5.92. The zero-order chi connectivity index (χ0) is 16.5. The van der Waals surface area contributed by atoms with E-state index in [-0.39, 0.29) is 5.91 Å². The second-order valence-corrected chi connectivity index (χ2v) is 5.76. The molecular formula is C18H17N3O3. The molecule has 1 amide bonds. The maximum atomic E-state index is 12.3. The first-order chi connectivity index (χ1) is 11.7. The first kappa shape index (κ1) is 14.6. The molecule has 6 heteroatoms. The van der Waals surface area contributed by atoms with Crippen LogP contribution in [0.25, 0.3) is 5.65 Å². The van der Waals surface area contributed by atoms with Gasteiger partial charge in [-0.25, -0.2) is 4.98 Å². The van der Waals surface area contributed by atoms with Gasteiger partial charge in [-0.05, 0) is 42.3 Å². The Morgan fingerprint density at radius 2 is 2.04 bits per heavy atom. The van der Waals surface area contributed by atoms with E-state index in [0.717, 1.165) is 28.3 Å². The number of benzene rings is 1. The highest BCUT2D eigenvalue weighted by Crippen LogP contribution is 2.30. The van der Waals surface area contributed by atoms with E-state index in [4.69, 9.17) is 9.47 Å². The quantitative estimate of drug-likeness (QED) is 0.803. The zero-order valence-corrected chi connectivity index (χ0v) is 13.3. The van der Waals surface area contributed by atoms with Crippen LogP contribution in [-0.4, -0.2) is 28.5 Å². The smallest absolute Gasteiger partial charge is 0.271 e. The Balaban J connectivity index is 1.47. The molecule has 1 N–H and O–H groups in total. The van der Waals surface area contributed by atoms with E-state index < -0.39 is 0 Å². The maximum absolute atomic E-state index is 12.3. The summed E-state index contributed by atoms with van der Waals surface area (Å²) >= 11 is 0. The number of hydrogen-bond donors (Lipinski definition) is 1. The molecule has 0 fully saturated rings. The number of carbonyl (C=O) groups excluding carboxylic acids is 1. The number of fused-ring (bicyclic) bond motifs is 2. The monoisotopic (exact) mass is 323 g/mol. The molecule has 1 aromatic carbocycles. The van der Waals surface area contributed by atoms with Crippen LogP contribution in [0.3, 0.4) is 0 Å². The molecule has 1 aliphatic rings. The number of rotatable bonds is 3. The molecule has 0 aliphatic carbocycles. The predicted octanol–water partition coefficient (Wildman–Crippen LogP) is 2.34. The van der Waals surface area contributed by atoms with E-state index in [1.54, 1.807) is 6.20 Å². The van der Waals surface area contributed by atoms with Gasteiger partial charge in [0.2, 0.25) is 0 Å². The first-order valence-corrected chi connectivity index (χ1v) is 7.81. The lowest BCUT2D eigenvalue weighted by atomic mass is 10.2. The number of carbonyl (C=O) groups is 1. The number of amides is 1. The van der Waals surface area contributed by atoms with Crippen molar-refractivity contribution in [2.45, 2.75) is 13.5 Å². The number of aryl methyl sites for hydroxylation is 1. The average molecular weight is 323 g/mol. The maximum Gasteiger partial charge on any atom is 0.271 e. The summed E-state index contributed by atoms with van der Waals surface area (Å²) in [5.74, 6) is 1.26. The lowest BCUT2D eigenvalue weighted by Gasteiger charge is -2.18. The molecule has 0 spiro atoms. The molecule has 4 rings (SSSR count). The number of pyridine rings is 1. The number of nitrogens with zero attached hydrogens (tertiary/aromatic N) is 2. The fourth-order valence-corrected chi connectivity index (χ4v) is 2.66. The molecule has 3 aromatic rings. The minimum atomic E-state index is -0.203. The molecule has 1 aliphatic heterocycles. The van der Waals surface area contributed by atoms with Crippen LogP contribution in [0.4, 0.5) is 0 Å². The molecular weight excluding hydrogens is 306 g/mol. The van der Waals surface area contributed by atoms with E-state index in [1.807, 2.05) is 47.9 Å². The summed E-state index contributed by atoms with van der Waals surface area (Å²) < 4.78 is 12.9. The third kappa shape index (κ3) is 2.78. The van der Waals surface area contributed by atoms with Crippen molar-refractivity contribution in [1.29, 1.82) is 0 Å². The summed E-state index contributed by atoms with van der Waals surface area (Å²) in [6, 6.07) is 9.59. The van der Waals surface area contributed by atoms with Gasteiger partial charge in [0.25, 0.3) is 5.91 Å². The van der Waals surface area contributed by atoms with Crippen LogP contribution in [0.2, 0.25) is 0 Å². The van der Waals surface area contributed by atoms with E-state index in [2.05, 4.69) is 10.3 Å². The van der Waals surface area contributed by atoms with Crippen LogP contribution in [0, 0.1) is 6.92 Å². The molecule has 122 valence electrons. The first-order valence-electron chi connectivity index (χ1n) is 7.81. The molecule has 0 unspecified atom stereocenters. The fraction of sp³-hybridized carbons (Fsp3) is 0.222. The molecule has 3 heterocycles. The molecule has 2 aromatic heterocycles. The van der Waals surface area contributed by atoms with E-state index in [0.29, 0.717) is 25.5 Å². The summed E-state index contributed by atoms with van der Waals surface area (Å²) in [4.78, 5) is 16.7. The minimum absolute atomic E-state index is 0.203. The van der Waals surface area contributed by atoms with Crippen molar-refractivity contribution in [3.8, 4) is 11.5 Å². The predicted molar refractivity (Wildman–Crippen MR) is 88.5 cm³/mol. The van der Waals surface area contributed by atoms with E-state index >= 15 is 0 Å². The topological polar surface area (TPSA) is 64.9 Å². The SMILES string of the molecule is Cc1ccn2cc(C(=O)NCc3ccc4c(c3)OCCO4)nc2c1. The van der Waals surface area contributed by atoms with Crippen LogP contribution in [0.15, 0.2) is 42.7 Å². The summed E-state index contributed by atoms with van der Waals surface area (Å²) in [6.07, 6.45) is 3.63. The number of ether oxygens (including phenoxy) is 2. The Morgan fingerprint density at radius 1 is 1.21 bits per heavy atom. The summed E-state index contributed by atoms with van der Waals surface area (Å²) in [5.41, 5.74) is 3.22. The van der Waals surface area contributed by atoms with Gasteiger partial charge < -0.3 is 19.2 Å². The molecule has 0 saturated heterocycles. The second-order valence-electron chi connectivity index (χ2n) is 5.76. The van der Waals surface area contributed by atoms with Gasteiger partial charge in [0.1, 0.15) is 24.6 Å². The van der Waals surface area contributed by atoms with Crippen molar-refractivity contribution >= 4 is 11.6 Å². The number of aromatic nitrogens is 2.